The molecule has 1 aliphatic heterocycles. The minimum Gasteiger partial charge on any atom is -0.405 e. The maximum absolute atomic E-state index is 13.0. The Bertz CT molecular complexity index is 1050. The molecule has 0 bridgehead atoms. The van der Waals surface area contributed by atoms with E-state index in [-0.39, 0.29) is 23.1 Å². The first kappa shape index (κ1) is 23.4. The quantitative estimate of drug-likeness (QED) is 0.556. The smallest absolute Gasteiger partial charge is 0.262 e. The van der Waals surface area contributed by atoms with Crippen LogP contribution in [-0.2, 0) is 15.6 Å². The number of hydrogen-bond donors (Lipinski definition) is 1. The van der Waals surface area contributed by atoms with Crippen LogP contribution in [-0.4, -0.2) is 32.0 Å². The van der Waals surface area contributed by atoms with Crippen LogP contribution in [0.1, 0.15) is 33.3 Å². The van der Waals surface area contributed by atoms with E-state index in [0.29, 0.717) is 13.0 Å². The molecular formula is C28H32NO3Si. The molecule has 4 rings (SSSR count). The van der Waals surface area contributed by atoms with E-state index in [1.54, 1.807) is 4.90 Å². The second kappa shape index (κ2) is 9.25. The fraction of sp³-hybridized carbons (Fsp3) is 0.286. The van der Waals surface area contributed by atoms with Crippen molar-refractivity contribution >= 4 is 30.3 Å². The first-order valence-electron chi connectivity index (χ1n) is 11.4. The van der Waals surface area contributed by atoms with E-state index in [1.807, 2.05) is 36.4 Å². The van der Waals surface area contributed by atoms with Gasteiger partial charge in [-0.2, -0.15) is 0 Å². The average molecular weight is 459 g/mol. The molecule has 1 radical (unpaired) electrons. The van der Waals surface area contributed by atoms with Gasteiger partial charge in [-0.15, -0.1) is 0 Å². The highest BCUT2D eigenvalue weighted by Crippen LogP contribution is 2.39. The van der Waals surface area contributed by atoms with Crippen LogP contribution >= 0.6 is 0 Å². The Labute approximate surface area is 198 Å². The van der Waals surface area contributed by atoms with Gasteiger partial charge in [0.25, 0.3) is 14.2 Å². The van der Waals surface area contributed by atoms with Gasteiger partial charge >= 0.3 is 0 Å². The fourth-order valence-electron chi connectivity index (χ4n) is 5.03. The molecule has 33 heavy (non-hydrogen) atoms. The highest BCUT2D eigenvalue weighted by Gasteiger charge is 2.51. The van der Waals surface area contributed by atoms with E-state index in [1.165, 1.54) is 17.3 Å². The molecule has 0 spiro atoms. The van der Waals surface area contributed by atoms with E-state index < -0.39 is 8.32 Å². The predicted molar refractivity (Wildman–Crippen MR) is 136 cm³/mol. The second-order valence-electron chi connectivity index (χ2n) is 9.72. The first-order chi connectivity index (χ1) is 15.8. The standard InChI is InChI=1S/C28H32NO3Si/c1-21(30)27(31)29-23(19-22-13-11-12-18-26(22)29)20-32-33(28(2,3)4,24-14-7-5-8-15-24)25-16-9-6-10-17-25/h5-18,23,30H,19-20H2,1-4H3/t23-/m0/s1. The summed E-state index contributed by atoms with van der Waals surface area (Å²) in [5.41, 5.74) is 1.95. The predicted octanol–water partition coefficient (Wildman–Crippen LogP) is 4.45. The van der Waals surface area contributed by atoms with Crippen LogP contribution in [0.4, 0.5) is 5.69 Å². The van der Waals surface area contributed by atoms with Gasteiger partial charge in [-0.05, 0) is 40.4 Å². The number of para-hydroxylation sites is 1. The van der Waals surface area contributed by atoms with Gasteiger partial charge in [0.15, 0.2) is 6.10 Å². The zero-order valence-corrected chi connectivity index (χ0v) is 20.8. The van der Waals surface area contributed by atoms with Crippen LogP contribution in [0.5, 0.6) is 0 Å². The Hall–Kier alpha value is -2.73. The van der Waals surface area contributed by atoms with Crippen molar-refractivity contribution in [1.82, 2.24) is 0 Å². The van der Waals surface area contributed by atoms with Gasteiger partial charge in [-0.1, -0.05) is 99.6 Å². The Morgan fingerprint density at radius 3 is 1.97 bits per heavy atom. The van der Waals surface area contributed by atoms with E-state index in [9.17, 15) is 9.90 Å². The van der Waals surface area contributed by atoms with Gasteiger partial charge < -0.3 is 14.4 Å². The Morgan fingerprint density at radius 1 is 0.939 bits per heavy atom. The number of nitrogens with zero attached hydrogens (tertiary/aromatic N) is 1. The molecule has 1 heterocycles. The minimum absolute atomic E-state index is 0.144. The summed E-state index contributed by atoms with van der Waals surface area (Å²) in [5.74, 6) is -0.365. The van der Waals surface area contributed by atoms with Crippen molar-refractivity contribution in [2.45, 2.75) is 45.2 Å². The molecule has 0 unspecified atom stereocenters. The average Bonchev–Trinajstić information content (AvgIpc) is 3.17. The molecule has 1 amide bonds. The molecular weight excluding hydrogens is 426 g/mol. The van der Waals surface area contributed by atoms with Crippen LogP contribution in [0.15, 0.2) is 84.9 Å². The van der Waals surface area contributed by atoms with Crippen LogP contribution < -0.4 is 15.3 Å². The molecule has 1 atom stereocenters. The van der Waals surface area contributed by atoms with Crippen LogP contribution in [0.25, 0.3) is 0 Å². The fourth-order valence-corrected chi connectivity index (χ4v) is 9.62. The maximum Gasteiger partial charge on any atom is 0.262 e. The number of carbonyl (C=O) groups excluding carboxylic acids is 1. The van der Waals surface area contributed by atoms with Crippen molar-refractivity contribution in [3.8, 4) is 0 Å². The molecule has 171 valence electrons. The molecule has 0 aliphatic carbocycles. The summed E-state index contributed by atoms with van der Waals surface area (Å²) in [7, 11) is -2.72. The highest BCUT2D eigenvalue weighted by molar-refractivity contribution is 6.99. The van der Waals surface area contributed by atoms with Crippen molar-refractivity contribution in [1.29, 1.82) is 0 Å². The van der Waals surface area contributed by atoms with Crippen molar-refractivity contribution < 1.29 is 14.3 Å². The van der Waals surface area contributed by atoms with Gasteiger partial charge in [0.1, 0.15) is 0 Å². The number of amides is 1. The highest BCUT2D eigenvalue weighted by atomic mass is 28.4. The number of rotatable bonds is 6. The third-order valence-corrected chi connectivity index (χ3v) is 11.5. The molecule has 0 saturated carbocycles. The van der Waals surface area contributed by atoms with Crippen molar-refractivity contribution in [3.63, 3.8) is 0 Å². The largest absolute Gasteiger partial charge is 0.405 e. The number of hydrogen-bond acceptors (Lipinski definition) is 3. The summed E-state index contributed by atoms with van der Waals surface area (Å²) < 4.78 is 7.10. The SMILES string of the molecule is C[C](O)C(=O)N1c2ccccc2C[C@H]1CO[Si](c1ccccc1)(c1ccccc1)C(C)(C)C. The number of fused-ring (bicyclic) bond motifs is 1. The van der Waals surface area contributed by atoms with Gasteiger partial charge in [-0.25, -0.2) is 0 Å². The molecule has 3 aromatic rings. The lowest BCUT2D eigenvalue weighted by molar-refractivity contribution is -0.121. The van der Waals surface area contributed by atoms with Crippen molar-refractivity contribution in [2.75, 3.05) is 11.5 Å². The van der Waals surface area contributed by atoms with Gasteiger partial charge in [-0.3, -0.25) is 4.79 Å². The zero-order chi connectivity index (χ0) is 23.6. The van der Waals surface area contributed by atoms with Crippen LogP contribution in [0.3, 0.4) is 0 Å². The summed E-state index contributed by atoms with van der Waals surface area (Å²) >= 11 is 0. The van der Waals surface area contributed by atoms with Gasteiger partial charge in [0.05, 0.1) is 12.6 Å². The molecule has 3 aromatic carbocycles. The first-order valence-corrected chi connectivity index (χ1v) is 13.4. The van der Waals surface area contributed by atoms with E-state index >= 15 is 0 Å². The second-order valence-corrected chi connectivity index (χ2v) is 14.0. The molecule has 0 fully saturated rings. The molecule has 4 nitrogen and oxygen atoms in total. The molecule has 1 N–H and O–H groups in total. The van der Waals surface area contributed by atoms with Crippen molar-refractivity contribution in [3.05, 3.63) is 96.6 Å². The van der Waals surface area contributed by atoms with Crippen LogP contribution in [0.2, 0.25) is 5.04 Å². The van der Waals surface area contributed by atoms with Crippen molar-refractivity contribution in [2.24, 2.45) is 0 Å². The maximum atomic E-state index is 13.0. The van der Waals surface area contributed by atoms with E-state index in [4.69, 9.17) is 4.43 Å². The number of aliphatic hydroxyl groups excluding tert-OH is 1. The summed E-state index contributed by atoms with van der Waals surface area (Å²) in [4.78, 5) is 14.7. The topological polar surface area (TPSA) is 49.8 Å². The molecule has 1 aliphatic rings. The van der Waals surface area contributed by atoms with Gasteiger partial charge in [0.2, 0.25) is 0 Å². The van der Waals surface area contributed by atoms with Crippen LogP contribution in [0, 0.1) is 6.10 Å². The summed E-state index contributed by atoms with van der Waals surface area (Å²) in [6, 6.07) is 28.7. The summed E-state index contributed by atoms with van der Waals surface area (Å²) in [6.45, 7) is 8.58. The lowest BCUT2D eigenvalue weighted by atomic mass is 10.1. The normalized spacial score (nSPS) is 16.2. The Morgan fingerprint density at radius 2 is 1.45 bits per heavy atom. The lowest BCUT2D eigenvalue weighted by Gasteiger charge is -2.44. The van der Waals surface area contributed by atoms with E-state index in [0.717, 1.165) is 11.3 Å². The van der Waals surface area contributed by atoms with Gasteiger partial charge in [0, 0.05) is 5.69 Å². The monoisotopic (exact) mass is 458 g/mol. The third kappa shape index (κ3) is 4.28. The van der Waals surface area contributed by atoms with E-state index in [2.05, 4.69) is 69.3 Å². The zero-order valence-electron chi connectivity index (χ0n) is 19.8. The molecule has 0 saturated heterocycles. The summed E-state index contributed by atoms with van der Waals surface area (Å²) in [5, 5.41) is 12.3. The number of benzene rings is 3. The summed E-state index contributed by atoms with van der Waals surface area (Å²) in [6.07, 6.45) is 0.495. The number of carbonyl (C=O) groups is 1. The third-order valence-electron chi connectivity index (χ3n) is 6.51. The minimum atomic E-state index is -2.72. The lowest BCUT2D eigenvalue weighted by Crippen LogP contribution is -2.67. The number of aliphatic hydroxyl groups is 1. The Kier molecular flexibility index (Phi) is 6.57. The molecule has 0 aromatic heterocycles. The number of anilines is 1. The molecule has 5 heteroatoms. The Balaban J connectivity index is 1.76.